The van der Waals surface area contributed by atoms with Crippen molar-refractivity contribution in [1.82, 2.24) is 0 Å². The molecule has 0 saturated carbocycles. The van der Waals surface area contributed by atoms with Gasteiger partial charge in [-0.15, -0.1) is 11.8 Å². The standard InChI is InChI=1S/C6H12OS/c1-2-5-8-6-3-4-7/h3,6-7H,2,4-5H2,1H3/b6-3+. The lowest BCUT2D eigenvalue weighted by Crippen LogP contribution is -1.70. The summed E-state index contributed by atoms with van der Waals surface area (Å²) < 4.78 is 0. The van der Waals surface area contributed by atoms with Gasteiger partial charge in [0.25, 0.3) is 0 Å². The third-order valence-electron chi connectivity index (χ3n) is 0.620. The number of hydrogen-bond acceptors (Lipinski definition) is 2. The summed E-state index contributed by atoms with van der Waals surface area (Å²) in [6.07, 6.45) is 2.95. The zero-order chi connectivity index (χ0) is 6.24. The zero-order valence-electron chi connectivity index (χ0n) is 5.13. The molecule has 0 aliphatic carbocycles. The molecular formula is C6H12OS. The summed E-state index contributed by atoms with van der Waals surface area (Å²) in [6.45, 7) is 2.30. The van der Waals surface area contributed by atoms with Crippen LogP contribution in [0.4, 0.5) is 0 Å². The minimum atomic E-state index is 0.163. The van der Waals surface area contributed by atoms with E-state index in [9.17, 15) is 0 Å². The van der Waals surface area contributed by atoms with Crippen LogP contribution in [0.15, 0.2) is 11.5 Å². The summed E-state index contributed by atoms with van der Waals surface area (Å²) >= 11 is 1.74. The molecule has 0 fully saturated rings. The molecule has 0 aromatic carbocycles. The normalized spacial score (nSPS) is 10.8. The molecule has 0 aliphatic heterocycles. The van der Waals surface area contributed by atoms with Crippen LogP contribution >= 0.6 is 11.8 Å². The molecule has 0 saturated heterocycles. The minimum Gasteiger partial charge on any atom is -0.392 e. The fraction of sp³-hybridized carbons (Fsp3) is 0.667. The van der Waals surface area contributed by atoms with Crippen molar-refractivity contribution in [3.63, 3.8) is 0 Å². The van der Waals surface area contributed by atoms with Gasteiger partial charge in [-0.05, 0) is 17.6 Å². The van der Waals surface area contributed by atoms with Crippen molar-refractivity contribution in [2.45, 2.75) is 13.3 Å². The predicted octanol–water partition coefficient (Wildman–Crippen LogP) is 1.64. The molecule has 0 radical (unpaired) electrons. The van der Waals surface area contributed by atoms with E-state index in [4.69, 9.17) is 5.11 Å². The van der Waals surface area contributed by atoms with Gasteiger partial charge in [-0.2, -0.15) is 0 Å². The van der Waals surface area contributed by atoms with Crippen molar-refractivity contribution in [2.75, 3.05) is 12.4 Å². The van der Waals surface area contributed by atoms with Gasteiger partial charge in [0.1, 0.15) is 0 Å². The van der Waals surface area contributed by atoms with Crippen LogP contribution < -0.4 is 0 Å². The summed E-state index contributed by atoms with van der Waals surface area (Å²) in [7, 11) is 0. The first kappa shape index (κ1) is 8.05. The Balaban J connectivity index is 2.80. The highest BCUT2D eigenvalue weighted by Crippen LogP contribution is 2.01. The molecule has 0 atom stereocenters. The lowest BCUT2D eigenvalue weighted by Gasteiger charge is -1.85. The van der Waals surface area contributed by atoms with Gasteiger partial charge in [0.2, 0.25) is 0 Å². The van der Waals surface area contributed by atoms with Crippen LogP contribution in [0.5, 0.6) is 0 Å². The molecule has 0 spiro atoms. The second kappa shape index (κ2) is 7.05. The zero-order valence-corrected chi connectivity index (χ0v) is 5.95. The molecular weight excluding hydrogens is 120 g/mol. The van der Waals surface area contributed by atoms with Crippen molar-refractivity contribution < 1.29 is 5.11 Å². The van der Waals surface area contributed by atoms with Crippen molar-refractivity contribution in [1.29, 1.82) is 0 Å². The number of rotatable bonds is 4. The predicted molar refractivity (Wildman–Crippen MR) is 39.0 cm³/mol. The fourth-order valence-corrected chi connectivity index (χ4v) is 0.891. The van der Waals surface area contributed by atoms with Gasteiger partial charge < -0.3 is 5.11 Å². The first-order chi connectivity index (χ1) is 3.91. The Bertz CT molecular complexity index is 61.5. The van der Waals surface area contributed by atoms with E-state index >= 15 is 0 Å². The maximum atomic E-state index is 8.27. The minimum absolute atomic E-state index is 0.163. The van der Waals surface area contributed by atoms with E-state index in [0.717, 1.165) is 5.75 Å². The Hall–Kier alpha value is 0.0500. The third-order valence-corrected chi connectivity index (χ3v) is 1.65. The average molecular weight is 132 g/mol. The van der Waals surface area contributed by atoms with Gasteiger partial charge in [-0.3, -0.25) is 0 Å². The molecule has 0 aromatic rings. The summed E-state index contributed by atoms with van der Waals surface area (Å²) in [5.74, 6) is 1.15. The van der Waals surface area contributed by atoms with Crippen molar-refractivity contribution >= 4 is 11.8 Å². The number of hydrogen-bond donors (Lipinski definition) is 1. The van der Waals surface area contributed by atoms with Crippen LogP contribution in [-0.4, -0.2) is 17.5 Å². The van der Waals surface area contributed by atoms with E-state index in [1.165, 1.54) is 6.42 Å². The van der Waals surface area contributed by atoms with Crippen LogP contribution in [-0.2, 0) is 0 Å². The van der Waals surface area contributed by atoms with E-state index in [2.05, 4.69) is 6.92 Å². The van der Waals surface area contributed by atoms with Crippen LogP contribution in [0.25, 0.3) is 0 Å². The number of aliphatic hydroxyl groups is 1. The Kier molecular flexibility index (Phi) is 7.09. The molecule has 0 unspecified atom stereocenters. The quantitative estimate of drug-likeness (QED) is 0.587. The fourth-order valence-electron chi connectivity index (χ4n) is 0.297. The van der Waals surface area contributed by atoms with E-state index in [1.807, 2.05) is 5.41 Å². The van der Waals surface area contributed by atoms with Gasteiger partial charge in [0, 0.05) is 0 Å². The molecule has 0 amide bonds. The highest BCUT2D eigenvalue weighted by Gasteiger charge is 1.74. The Morgan fingerprint density at radius 3 is 2.88 bits per heavy atom. The molecule has 1 nitrogen and oxygen atoms in total. The van der Waals surface area contributed by atoms with Gasteiger partial charge >= 0.3 is 0 Å². The summed E-state index contributed by atoms with van der Waals surface area (Å²) in [6, 6.07) is 0. The second-order valence-electron chi connectivity index (χ2n) is 1.43. The smallest absolute Gasteiger partial charge is 0.0620 e. The van der Waals surface area contributed by atoms with E-state index in [0.29, 0.717) is 0 Å². The number of thioether (sulfide) groups is 1. The van der Waals surface area contributed by atoms with Crippen molar-refractivity contribution in [3.8, 4) is 0 Å². The van der Waals surface area contributed by atoms with Crippen LogP contribution in [0, 0.1) is 0 Å². The first-order valence-electron chi connectivity index (χ1n) is 2.79. The second-order valence-corrected chi connectivity index (χ2v) is 2.44. The molecule has 0 aromatic heterocycles. The lowest BCUT2D eigenvalue weighted by atomic mass is 10.6. The highest BCUT2D eigenvalue weighted by atomic mass is 32.2. The van der Waals surface area contributed by atoms with Gasteiger partial charge in [0.05, 0.1) is 6.61 Å². The maximum absolute atomic E-state index is 8.27. The monoisotopic (exact) mass is 132 g/mol. The first-order valence-corrected chi connectivity index (χ1v) is 3.84. The van der Waals surface area contributed by atoms with E-state index < -0.39 is 0 Å². The highest BCUT2D eigenvalue weighted by molar-refractivity contribution is 8.02. The van der Waals surface area contributed by atoms with Crippen molar-refractivity contribution in [2.24, 2.45) is 0 Å². The molecule has 0 aliphatic rings. The maximum Gasteiger partial charge on any atom is 0.0620 e. The van der Waals surface area contributed by atoms with Gasteiger partial charge in [-0.25, -0.2) is 0 Å². The van der Waals surface area contributed by atoms with Crippen molar-refractivity contribution in [3.05, 3.63) is 11.5 Å². The Morgan fingerprint density at radius 1 is 1.62 bits per heavy atom. The summed E-state index contributed by atoms with van der Waals surface area (Å²) in [5, 5.41) is 10.2. The largest absolute Gasteiger partial charge is 0.392 e. The molecule has 0 rings (SSSR count). The molecule has 1 N–H and O–H groups in total. The average Bonchev–Trinajstić information content (AvgIpc) is 1.81. The van der Waals surface area contributed by atoms with E-state index in [-0.39, 0.29) is 6.61 Å². The van der Waals surface area contributed by atoms with Crippen LogP contribution in [0.1, 0.15) is 13.3 Å². The molecule has 48 valence electrons. The third kappa shape index (κ3) is 6.05. The molecule has 0 bridgehead atoms. The number of aliphatic hydroxyl groups excluding tert-OH is 1. The Morgan fingerprint density at radius 2 is 2.38 bits per heavy atom. The van der Waals surface area contributed by atoms with Crippen LogP contribution in [0.2, 0.25) is 0 Å². The lowest BCUT2D eigenvalue weighted by molar-refractivity contribution is 0.343. The van der Waals surface area contributed by atoms with Crippen LogP contribution in [0.3, 0.4) is 0 Å². The molecule has 2 heteroatoms. The van der Waals surface area contributed by atoms with Gasteiger partial charge in [0.15, 0.2) is 0 Å². The van der Waals surface area contributed by atoms with Gasteiger partial charge in [-0.1, -0.05) is 13.0 Å². The topological polar surface area (TPSA) is 20.2 Å². The summed E-state index contributed by atoms with van der Waals surface area (Å²) in [4.78, 5) is 0. The molecule has 0 heterocycles. The molecule has 8 heavy (non-hydrogen) atoms. The van der Waals surface area contributed by atoms with E-state index in [1.54, 1.807) is 17.8 Å². The SMILES string of the molecule is CCCS/C=C/CO. The Labute approximate surface area is 54.8 Å². The summed E-state index contributed by atoms with van der Waals surface area (Å²) in [5.41, 5.74) is 0.